The number of rotatable bonds is 7. The molecule has 7 nitrogen and oxygen atoms in total. The van der Waals surface area contributed by atoms with Crippen molar-refractivity contribution >= 4 is 23.0 Å². The number of morpholine rings is 1. The third kappa shape index (κ3) is 7.69. The summed E-state index contributed by atoms with van der Waals surface area (Å²) in [4.78, 5) is 19.7. The maximum atomic E-state index is 11.8. The molecule has 2 aromatic heterocycles. The van der Waals surface area contributed by atoms with E-state index < -0.39 is 5.97 Å². The number of aromatic nitrogens is 1. The van der Waals surface area contributed by atoms with Crippen molar-refractivity contribution in [2.24, 2.45) is 5.41 Å². The van der Waals surface area contributed by atoms with E-state index in [0.717, 1.165) is 63.4 Å². The van der Waals surface area contributed by atoms with Crippen molar-refractivity contribution in [3.8, 4) is 17.7 Å². The highest BCUT2D eigenvalue weighted by atomic mass is 32.1. The van der Waals surface area contributed by atoms with E-state index in [1.165, 1.54) is 16.9 Å². The van der Waals surface area contributed by atoms with Gasteiger partial charge in [0.1, 0.15) is 11.0 Å². The maximum Gasteiger partial charge on any atom is 0.348 e. The van der Waals surface area contributed by atoms with Crippen LogP contribution in [0.3, 0.4) is 0 Å². The van der Waals surface area contributed by atoms with E-state index in [1.807, 2.05) is 45.2 Å². The molecule has 2 aliphatic rings. The first-order valence-corrected chi connectivity index (χ1v) is 13.2. The molecule has 35 heavy (non-hydrogen) atoms. The van der Waals surface area contributed by atoms with Gasteiger partial charge in [-0.1, -0.05) is 11.8 Å². The summed E-state index contributed by atoms with van der Waals surface area (Å²) in [5.74, 6) is 6.08. The van der Waals surface area contributed by atoms with E-state index in [2.05, 4.69) is 27.0 Å². The maximum absolute atomic E-state index is 11.8. The lowest BCUT2D eigenvalue weighted by Gasteiger charge is -2.30. The molecule has 2 aromatic rings. The zero-order valence-corrected chi connectivity index (χ0v) is 21.6. The SMILES string of the molecule is CC(C)(C)C#Cc1cc(NC2CCC(Oc3cc(CN4CCOCC4)ccn3)CC2)c(C(=O)O)s1. The van der Waals surface area contributed by atoms with Gasteiger partial charge < -0.3 is 19.9 Å². The van der Waals surface area contributed by atoms with Crippen LogP contribution in [0.1, 0.15) is 66.6 Å². The summed E-state index contributed by atoms with van der Waals surface area (Å²) in [6, 6.07) is 6.18. The molecule has 2 N–H and O–H groups in total. The summed E-state index contributed by atoms with van der Waals surface area (Å²) in [6.45, 7) is 10.5. The Labute approximate surface area is 211 Å². The summed E-state index contributed by atoms with van der Waals surface area (Å²) in [5.41, 5.74) is 1.75. The number of aromatic carboxylic acids is 1. The third-order valence-corrected chi connectivity index (χ3v) is 7.16. The van der Waals surface area contributed by atoms with Crippen LogP contribution in [0.15, 0.2) is 24.4 Å². The lowest BCUT2D eigenvalue weighted by atomic mass is 9.92. The summed E-state index contributed by atoms with van der Waals surface area (Å²) < 4.78 is 11.7. The van der Waals surface area contributed by atoms with Crippen LogP contribution in [0, 0.1) is 17.3 Å². The summed E-state index contributed by atoms with van der Waals surface area (Å²) in [5, 5.41) is 13.1. The van der Waals surface area contributed by atoms with Gasteiger partial charge in [0.2, 0.25) is 5.88 Å². The van der Waals surface area contributed by atoms with Crippen LogP contribution in [-0.4, -0.2) is 59.4 Å². The van der Waals surface area contributed by atoms with Crippen molar-refractivity contribution < 1.29 is 19.4 Å². The number of hydrogen-bond acceptors (Lipinski definition) is 7. The first-order chi connectivity index (χ1) is 16.7. The molecule has 1 aliphatic carbocycles. The first-order valence-electron chi connectivity index (χ1n) is 12.3. The van der Waals surface area contributed by atoms with Gasteiger partial charge in [0, 0.05) is 43.4 Å². The molecule has 1 saturated heterocycles. The fourth-order valence-corrected chi connectivity index (χ4v) is 5.13. The highest BCUT2D eigenvalue weighted by Crippen LogP contribution is 2.31. The topological polar surface area (TPSA) is 83.9 Å². The highest BCUT2D eigenvalue weighted by Gasteiger charge is 2.25. The molecule has 1 aliphatic heterocycles. The molecule has 3 heterocycles. The van der Waals surface area contributed by atoms with Gasteiger partial charge >= 0.3 is 5.97 Å². The number of ether oxygens (including phenoxy) is 2. The molecule has 0 unspecified atom stereocenters. The monoisotopic (exact) mass is 497 g/mol. The Balaban J connectivity index is 1.31. The number of carbonyl (C=O) groups is 1. The van der Waals surface area contributed by atoms with Gasteiger partial charge in [-0.05, 0) is 64.2 Å². The van der Waals surface area contributed by atoms with Crippen LogP contribution in [0.25, 0.3) is 0 Å². The van der Waals surface area contributed by atoms with Gasteiger partial charge in [-0.25, -0.2) is 9.78 Å². The molecule has 4 rings (SSSR count). The molecule has 0 spiro atoms. The van der Waals surface area contributed by atoms with Crippen molar-refractivity contribution in [3.05, 3.63) is 39.7 Å². The second kappa shape index (κ2) is 11.4. The molecule has 0 radical (unpaired) electrons. The number of carboxylic acids is 1. The summed E-state index contributed by atoms with van der Waals surface area (Å²) in [7, 11) is 0. The lowest BCUT2D eigenvalue weighted by molar-refractivity contribution is 0.0341. The van der Waals surface area contributed by atoms with E-state index in [4.69, 9.17) is 9.47 Å². The van der Waals surface area contributed by atoms with Gasteiger partial charge in [0.15, 0.2) is 0 Å². The van der Waals surface area contributed by atoms with Crippen LogP contribution in [0.2, 0.25) is 0 Å². The molecule has 0 atom stereocenters. The van der Waals surface area contributed by atoms with Gasteiger partial charge in [0.25, 0.3) is 0 Å². The van der Waals surface area contributed by atoms with Gasteiger partial charge in [0.05, 0.1) is 23.8 Å². The molecule has 0 bridgehead atoms. The van der Waals surface area contributed by atoms with E-state index in [0.29, 0.717) is 16.4 Å². The minimum atomic E-state index is -0.915. The average molecular weight is 498 g/mol. The van der Waals surface area contributed by atoms with Crippen LogP contribution in [0.5, 0.6) is 5.88 Å². The van der Waals surface area contributed by atoms with Gasteiger partial charge in [-0.3, -0.25) is 4.90 Å². The highest BCUT2D eigenvalue weighted by molar-refractivity contribution is 7.15. The molecule has 0 amide bonds. The minimum absolute atomic E-state index is 0.119. The zero-order chi connectivity index (χ0) is 24.8. The fraction of sp³-hybridized carbons (Fsp3) is 0.556. The van der Waals surface area contributed by atoms with Crippen molar-refractivity contribution in [2.45, 2.75) is 65.1 Å². The number of carboxylic acid groups (broad SMARTS) is 1. The average Bonchev–Trinajstić information content (AvgIpc) is 3.23. The second-order valence-electron chi connectivity index (χ2n) is 10.3. The fourth-order valence-electron chi connectivity index (χ4n) is 4.31. The van der Waals surface area contributed by atoms with Crippen LogP contribution in [-0.2, 0) is 11.3 Å². The van der Waals surface area contributed by atoms with Crippen LogP contribution >= 0.6 is 11.3 Å². The Bertz CT molecular complexity index is 1070. The van der Waals surface area contributed by atoms with E-state index in [1.54, 1.807) is 0 Å². The smallest absolute Gasteiger partial charge is 0.348 e. The minimum Gasteiger partial charge on any atom is -0.477 e. The Morgan fingerprint density at radius 1 is 1.26 bits per heavy atom. The predicted octanol–water partition coefficient (Wildman–Crippen LogP) is 4.87. The van der Waals surface area contributed by atoms with Gasteiger partial charge in [-0.15, -0.1) is 11.3 Å². The Kier molecular flexibility index (Phi) is 8.32. The van der Waals surface area contributed by atoms with E-state index >= 15 is 0 Å². The number of anilines is 1. The van der Waals surface area contributed by atoms with E-state index in [9.17, 15) is 9.90 Å². The third-order valence-electron chi connectivity index (χ3n) is 6.12. The Hall–Kier alpha value is -2.60. The number of pyridine rings is 1. The summed E-state index contributed by atoms with van der Waals surface area (Å²) >= 11 is 1.23. The first kappa shape index (κ1) is 25.5. The normalized spacial score (nSPS) is 21.1. The number of nitrogens with one attached hydrogen (secondary N) is 1. The van der Waals surface area contributed by atoms with E-state index in [-0.39, 0.29) is 17.6 Å². The predicted molar refractivity (Wildman–Crippen MR) is 138 cm³/mol. The molecular weight excluding hydrogens is 462 g/mol. The second-order valence-corrected chi connectivity index (χ2v) is 11.3. The lowest BCUT2D eigenvalue weighted by Crippen LogP contribution is -2.35. The van der Waals surface area contributed by atoms with Gasteiger partial charge in [-0.2, -0.15) is 0 Å². The number of thiophene rings is 1. The molecule has 2 fully saturated rings. The molecule has 8 heteroatoms. The largest absolute Gasteiger partial charge is 0.477 e. The van der Waals surface area contributed by atoms with Crippen molar-refractivity contribution in [3.63, 3.8) is 0 Å². The Morgan fingerprint density at radius 2 is 2.00 bits per heavy atom. The quantitative estimate of drug-likeness (QED) is 0.528. The van der Waals surface area contributed by atoms with Crippen molar-refractivity contribution in [1.29, 1.82) is 0 Å². The molecular formula is C27H35N3O4S. The van der Waals surface area contributed by atoms with Crippen molar-refractivity contribution in [2.75, 3.05) is 31.6 Å². The van der Waals surface area contributed by atoms with Crippen LogP contribution in [0.4, 0.5) is 5.69 Å². The molecule has 0 aromatic carbocycles. The number of hydrogen-bond donors (Lipinski definition) is 2. The number of nitrogens with zero attached hydrogens (tertiary/aromatic N) is 2. The van der Waals surface area contributed by atoms with Crippen LogP contribution < -0.4 is 10.1 Å². The Morgan fingerprint density at radius 3 is 2.69 bits per heavy atom. The summed E-state index contributed by atoms with van der Waals surface area (Å²) in [6.07, 6.45) is 5.56. The standard InChI is InChI=1S/C27H35N3O4S/c1-27(2,3)10-8-22-17-23(25(35-22)26(31)32)29-20-4-6-21(7-5-20)34-24-16-19(9-11-28-24)18-30-12-14-33-15-13-30/h9,11,16-17,20-21,29H,4-7,12-15,18H2,1-3H3,(H,31,32). The molecule has 188 valence electrons. The molecule has 1 saturated carbocycles. The zero-order valence-electron chi connectivity index (χ0n) is 20.8. The van der Waals surface area contributed by atoms with Crippen molar-refractivity contribution in [1.82, 2.24) is 9.88 Å².